The maximum atomic E-state index is 12.6. The monoisotopic (exact) mass is 335 g/mol. The molecule has 0 aliphatic carbocycles. The van der Waals surface area contributed by atoms with Crippen molar-refractivity contribution in [2.75, 3.05) is 19.7 Å². The molecule has 1 heterocycles. The summed E-state index contributed by atoms with van der Waals surface area (Å²) in [5.41, 5.74) is 0.783. The quantitative estimate of drug-likeness (QED) is 0.635. The van der Waals surface area contributed by atoms with Gasteiger partial charge in [0.25, 0.3) is 0 Å². The maximum Gasteiger partial charge on any atom is 0.310 e. The first-order valence-electron chi connectivity index (χ1n) is 8.38. The van der Waals surface area contributed by atoms with Crippen molar-refractivity contribution < 1.29 is 24.5 Å². The number of ether oxygens (including phenoxy) is 1. The number of rotatable bonds is 5. The standard InChI is InChI=1S/C18H25NO5/c1-3-24-18(23)14-5-4-8-19(11-14)17(22)12(2)9-13-6-7-15(20)16(21)10-13/h6-7,10,12,14,20-21H,3-5,8-9,11H2,1-2H3. The zero-order valence-electron chi connectivity index (χ0n) is 14.2. The molecular weight excluding hydrogens is 310 g/mol. The number of phenols is 2. The molecule has 6 nitrogen and oxygen atoms in total. The summed E-state index contributed by atoms with van der Waals surface area (Å²) in [7, 11) is 0. The average Bonchev–Trinajstić information content (AvgIpc) is 2.57. The number of aromatic hydroxyl groups is 2. The third-order valence-corrected chi connectivity index (χ3v) is 4.36. The molecule has 1 aliphatic rings. The molecule has 2 atom stereocenters. The minimum absolute atomic E-state index is 0.00318. The van der Waals surface area contributed by atoms with E-state index in [9.17, 15) is 19.8 Å². The fourth-order valence-electron chi connectivity index (χ4n) is 3.08. The largest absolute Gasteiger partial charge is 0.504 e. The third-order valence-electron chi connectivity index (χ3n) is 4.36. The Kier molecular flexibility index (Phi) is 6.06. The minimum atomic E-state index is -0.269. The normalized spacial score (nSPS) is 18.9. The Morgan fingerprint density at radius 3 is 2.75 bits per heavy atom. The summed E-state index contributed by atoms with van der Waals surface area (Å²) in [6.45, 7) is 5.02. The number of carbonyl (C=O) groups is 2. The molecule has 0 bridgehead atoms. The molecule has 2 rings (SSSR count). The van der Waals surface area contributed by atoms with Gasteiger partial charge in [-0.3, -0.25) is 9.59 Å². The Hall–Kier alpha value is -2.24. The van der Waals surface area contributed by atoms with Crippen molar-refractivity contribution >= 4 is 11.9 Å². The summed E-state index contributed by atoms with van der Waals surface area (Å²) in [5, 5.41) is 18.9. The van der Waals surface area contributed by atoms with Crippen LogP contribution in [-0.4, -0.2) is 46.7 Å². The van der Waals surface area contributed by atoms with Crippen LogP contribution in [0.5, 0.6) is 11.5 Å². The Labute approximate surface area is 142 Å². The highest BCUT2D eigenvalue weighted by molar-refractivity contribution is 5.80. The lowest BCUT2D eigenvalue weighted by Crippen LogP contribution is -2.45. The summed E-state index contributed by atoms with van der Waals surface area (Å²) in [6.07, 6.45) is 2.01. The van der Waals surface area contributed by atoms with Crippen molar-refractivity contribution in [3.63, 3.8) is 0 Å². The maximum absolute atomic E-state index is 12.6. The van der Waals surface area contributed by atoms with E-state index in [0.29, 0.717) is 26.1 Å². The number of esters is 1. The van der Waals surface area contributed by atoms with Crippen LogP contribution in [0.3, 0.4) is 0 Å². The van der Waals surface area contributed by atoms with E-state index in [4.69, 9.17) is 4.74 Å². The fraction of sp³-hybridized carbons (Fsp3) is 0.556. The van der Waals surface area contributed by atoms with Crippen LogP contribution in [0.25, 0.3) is 0 Å². The third kappa shape index (κ3) is 4.40. The predicted octanol–water partition coefficient (Wildman–Crippen LogP) is 2.08. The van der Waals surface area contributed by atoms with E-state index in [2.05, 4.69) is 0 Å². The van der Waals surface area contributed by atoms with Crippen molar-refractivity contribution in [3.05, 3.63) is 23.8 Å². The van der Waals surface area contributed by atoms with Crippen molar-refractivity contribution in [3.8, 4) is 11.5 Å². The van der Waals surface area contributed by atoms with Gasteiger partial charge < -0.3 is 19.8 Å². The lowest BCUT2D eigenvalue weighted by atomic mass is 9.94. The first-order valence-corrected chi connectivity index (χ1v) is 8.38. The van der Waals surface area contributed by atoms with Crippen LogP contribution in [-0.2, 0) is 20.7 Å². The summed E-state index contributed by atoms with van der Waals surface area (Å²) >= 11 is 0. The van der Waals surface area contributed by atoms with Crippen LogP contribution in [0.2, 0.25) is 0 Å². The smallest absolute Gasteiger partial charge is 0.310 e. The van der Waals surface area contributed by atoms with E-state index in [1.165, 1.54) is 12.1 Å². The molecule has 1 amide bonds. The van der Waals surface area contributed by atoms with E-state index in [-0.39, 0.29) is 35.2 Å². The molecule has 2 unspecified atom stereocenters. The Morgan fingerprint density at radius 1 is 1.33 bits per heavy atom. The number of phenolic OH excluding ortho intramolecular Hbond substituents is 2. The second-order valence-electron chi connectivity index (χ2n) is 6.30. The second-order valence-corrected chi connectivity index (χ2v) is 6.30. The van der Waals surface area contributed by atoms with Gasteiger partial charge in [0.1, 0.15) is 0 Å². The molecule has 0 radical (unpaired) electrons. The highest BCUT2D eigenvalue weighted by Crippen LogP contribution is 2.27. The Balaban J connectivity index is 1.96. The molecule has 6 heteroatoms. The topological polar surface area (TPSA) is 87.1 Å². The Bertz CT molecular complexity index is 601. The molecule has 24 heavy (non-hydrogen) atoms. The number of piperidine rings is 1. The number of likely N-dealkylation sites (tertiary alicyclic amines) is 1. The van der Waals surface area contributed by atoms with E-state index in [1.54, 1.807) is 17.9 Å². The van der Waals surface area contributed by atoms with Crippen molar-refractivity contribution in [2.24, 2.45) is 11.8 Å². The van der Waals surface area contributed by atoms with Crippen molar-refractivity contribution in [2.45, 2.75) is 33.1 Å². The van der Waals surface area contributed by atoms with Crippen LogP contribution in [0, 0.1) is 11.8 Å². The highest BCUT2D eigenvalue weighted by Gasteiger charge is 2.31. The molecular formula is C18H25NO5. The van der Waals surface area contributed by atoms with E-state index in [0.717, 1.165) is 18.4 Å². The van der Waals surface area contributed by atoms with Gasteiger partial charge in [0.15, 0.2) is 11.5 Å². The van der Waals surface area contributed by atoms with Crippen LogP contribution >= 0.6 is 0 Å². The minimum Gasteiger partial charge on any atom is -0.504 e. The molecule has 1 aromatic rings. The van der Waals surface area contributed by atoms with Gasteiger partial charge in [-0.05, 0) is 43.9 Å². The molecule has 132 valence electrons. The van der Waals surface area contributed by atoms with Gasteiger partial charge >= 0.3 is 5.97 Å². The van der Waals surface area contributed by atoms with Crippen LogP contribution < -0.4 is 0 Å². The van der Waals surface area contributed by atoms with Crippen molar-refractivity contribution in [1.29, 1.82) is 0 Å². The fourth-order valence-corrected chi connectivity index (χ4v) is 3.08. The number of amides is 1. The summed E-state index contributed by atoms with van der Waals surface area (Å²) in [4.78, 5) is 26.3. The molecule has 1 aromatic carbocycles. The van der Waals surface area contributed by atoms with Gasteiger partial charge in [0, 0.05) is 19.0 Å². The van der Waals surface area contributed by atoms with Gasteiger partial charge in [0.05, 0.1) is 12.5 Å². The van der Waals surface area contributed by atoms with E-state index < -0.39 is 0 Å². The zero-order chi connectivity index (χ0) is 17.7. The van der Waals surface area contributed by atoms with Gasteiger partial charge in [-0.2, -0.15) is 0 Å². The lowest BCUT2D eigenvalue weighted by Gasteiger charge is -2.33. The van der Waals surface area contributed by atoms with Gasteiger partial charge in [-0.1, -0.05) is 13.0 Å². The summed E-state index contributed by atoms with van der Waals surface area (Å²) in [5.74, 6) is -1.11. The molecule has 0 spiro atoms. The van der Waals surface area contributed by atoms with Gasteiger partial charge in [-0.15, -0.1) is 0 Å². The first kappa shape index (κ1) is 18.1. The molecule has 2 N–H and O–H groups in total. The SMILES string of the molecule is CCOC(=O)C1CCCN(C(=O)C(C)Cc2ccc(O)c(O)c2)C1. The van der Waals surface area contributed by atoms with E-state index in [1.807, 2.05) is 6.92 Å². The molecule has 1 fully saturated rings. The predicted molar refractivity (Wildman–Crippen MR) is 88.6 cm³/mol. The van der Waals surface area contributed by atoms with Gasteiger partial charge in [0.2, 0.25) is 5.91 Å². The summed E-state index contributed by atoms with van der Waals surface area (Å²) in [6, 6.07) is 4.58. The molecule has 1 saturated heterocycles. The number of hydrogen-bond donors (Lipinski definition) is 2. The lowest BCUT2D eigenvalue weighted by molar-refractivity contribution is -0.151. The van der Waals surface area contributed by atoms with Gasteiger partial charge in [-0.25, -0.2) is 0 Å². The molecule has 1 aliphatic heterocycles. The van der Waals surface area contributed by atoms with Crippen LogP contribution in [0.4, 0.5) is 0 Å². The number of hydrogen-bond acceptors (Lipinski definition) is 5. The molecule has 0 aromatic heterocycles. The molecule has 0 saturated carbocycles. The number of nitrogens with zero attached hydrogens (tertiary/aromatic N) is 1. The number of benzene rings is 1. The highest BCUT2D eigenvalue weighted by atomic mass is 16.5. The zero-order valence-corrected chi connectivity index (χ0v) is 14.2. The van der Waals surface area contributed by atoms with Crippen LogP contribution in [0.15, 0.2) is 18.2 Å². The number of carbonyl (C=O) groups excluding carboxylic acids is 2. The van der Waals surface area contributed by atoms with Crippen LogP contribution in [0.1, 0.15) is 32.3 Å². The first-order chi connectivity index (χ1) is 11.4. The Morgan fingerprint density at radius 2 is 2.08 bits per heavy atom. The van der Waals surface area contributed by atoms with E-state index >= 15 is 0 Å². The average molecular weight is 335 g/mol. The second kappa shape index (κ2) is 8.04. The van der Waals surface area contributed by atoms with Crippen molar-refractivity contribution in [1.82, 2.24) is 4.90 Å². The summed E-state index contributed by atoms with van der Waals surface area (Å²) < 4.78 is 5.06.